The smallest absolute Gasteiger partial charge is 0.408 e. The second-order valence-electron chi connectivity index (χ2n) is 4.13. The molecule has 16 heavy (non-hydrogen) atoms. The van der Waals surface area contributed by atoms with Gasteiger partial charge < -0.3 is 4.42 Å². The van der Waals surface area contributed by atoms with Crippen molar-refractivity contribution in [1.29, 1.82) is 0 Å². The molecule has 2 rings (SSSR count). The van der Waals surface area contributed by atoms with Gasteiger partial charge in [0.1, 0.15) is 0 Å². The second kappa shape index (κ2) is 3.63. The van der Waals surface area contributed by atoms with Crippen molar-refractivity contribution in [1.82, 2.24) is 4.57 Å². The molecule has 0 aliphatic carbocycles. The Morgan fingerprint density at radius 2 is 2.06 bits per heavy atom. The zero-order chi connectivity index (χ0) is 11.9. The van der Waals surface area contributed by atoms with E-state index in [1.165, 1.54) is 4.57 Å². The average molecular weight is 219 g/mol. The average Bonchev–Trinajstić information content (AvgIpc) is 2.53. The van der Waals surface area contributed by atoms with Gasteiger partial charge in [0, 0.05) is 18.5 Å². The van der Waals surface area contributed by atoms with E-state index in [2.05, 4.69) is 0 Å². The van der Waals surface area contributed by atoms with Crippen LogP contribution in [-0.2, 0) is 7.05 Å². The Labute approximate surface area is 92.5 Å². The first-order chi connectivity index (χ1) is 7.50. The van der Waals surface area contributed by atoms with Crippen LogP contribution in [0.25, 0.3) is 11.1 Å². The number of rotatable bonds is 2. The van der Waals surface area contributed by atoms with E-state index in [9.17, 15) is 9.59 Å². The molecule has 0 amide bonds. The summed E-state index contributed by atoms with van der Waals surface area (Å²) in [5, 5.41) is 0. The molecule has 0 fully saturated rings. The molecule has 4 heteroatoms. The SMILES string of the molecule is CC(C)C(=O)c1ccc2oc(=O)n(C)c2c1. The van der Waals surface area contributed by atoms with E-state index < -0.39 is 5.76 Å². The van der Waals surface area contributed by atoms with Gasteiger partial charge in [-0.05, 0) is 18.2 Å². The predicted octanol–water partition coefficient (Wildman–Crippen LogP) is 1.97. The minimum atomic E-state index is -0.413. The molecule has 0 saturated heterocycles. The van der Waals surface area contributed by atoms with Crippen LogP contribution in [0, 0.1) is 5.92 Å². The van der Waals surface area contributed by atoms with Crippen molar-refractivity contribution < 1.29 is 9.21 Å². The minimum absolute atomic E-state index is 0.0543. The number of hydrogen-bond donors (Lipinski definition) is 0. The Morgan fingerprint density at radius 3 is 2.69 bits per heavy atom. The lowest BCUT2D eigenvalue weighted by atomic mass is 10.0. The van der Waals surface area contributed by atoms with Crippen molar-refractivity contribution in [2.75, 3.05) is 0 Å². The van der Waals surface area contributed by atoms with Crippen molar-refractivity contribution in [3.05, 3.63) is 34.3 Å². The molecular weight excluding hydrogens is 206 g/mol. The first-order valence-electron chi connectivity index (χ1n) is 5.14. The second-order valence-corrected chi connectivity index (χ2v) is 4.13. The van der Waals surface area contributed by atoms with E-state index >= 15 is 0 Å². The topological polar surface area (TPSA) is 52.2 Å². The molecule has 0 N–H and O–H groups in total. The summed E-state index contributed by atoms with van der Waals surface area (Å²) in [6.07, 6.45) is 0. The van der Waals surface area contributed by atoms with Crippen LogP contribution in [0.1, 0.15) is 24.2 Å². The lowest BCUT2D eigenvalue weighted by molar-refractivity contribution is 0.0939. The molecule has 4 nitrogen and oxygen atoms in total. The summed E-state index contributed by atoms with van der Waals surface area (Å²) >= 11 is 0. The summed E-state index contributed by atoms with van der Waals surface area (Å²) in [5.41, 5.74) is 1.77. The lowest BCUT2D eigenvalue weighted by Crippen LogP contribution is -2.10. The van der Waals surface area contributed by atoms with E-state index in [4.69, 9.17) is 4.42 Å². The van der Waals surface area contributed by atoms with Crippen LogP contribution in [-0.4, -0.2) is 10.4 Å². The van der Waals surface area contributed by atoms with E-state index in [-0.39, 0.29) is 11.7 Å². The van der Waals surface area contributed by atoms with Crippen LogP contribution in [0.3, 0.4) is 0 Å². The van der Waals surface area contributed by atoms with Gasteiger partial charge in [0.25, 0.3) is 0 Å². The number of aromatic nitrogens is 1. The summed E-state index contributed by atoms with van der Waals surface area (Å²) in [4.78, 5) is 23.1. The zero-order valence-corrected chi connectivity index (χ0v) is 9.48. The Hall–Kier alpha value is -1.84. The molecule has 1 aromatic carbocycles. The molecule has 2 aromatic rings. The number of oxazole rings is 1. The number of hydrogen-bond acceptors (Lipinski definition) is 3. The Morgan fingerprint density at radius 1 is 1.38 bits per heavy atom. The highest BCUT2D eigenvalue weighted by atomic mass is 16.4. The molecule has 0 unspecified atom stereocenters. The van der Waals surface area contributed by atoms with Gasteiger partial charge in [-0.15, -0.1) is 0 Å². The van der Waals surface area contributed by atoms with Crippen LogP contribution in [0.2, 0.25) is 0 Å². The summed E-state index contributed by atoms with van der Waals surface area (Å²) in [7, 11) is 1.62. The third-order valence-electron chi connectivity index (χ3n) is 2.60. The van der Waals surface area contributed by atoms with Gasteiger partial charge in [-0.3, -0.25) is 9.36 Å². The van der Waals surface area contributed by atoms with Gasteiger partial charge in [-0.25, -0.2) is 4.79 Å². The molecule has 0 saturated carbocycles. The molecular formula is C12H13NO3. The molecule has 84 valence electrons. The summed E-state index contributed by atoms with van der Waals surface area (Å²) in [6.45, 7) is 3.70. The third kappa shape index (κ3) is 1.56. The number of Topliss-reactive ketones (excluding diaryl/α,β-unsaturated/α-hetero) is 1. The maximum atomic E-state index is 11.8. The fraction of sp³-hybridized carbons (Fsp3) is 0.333. The van der Waals surface area contributed by atoms with E-state index in [1.807, 2.05) is 13.8 Å². The Bertz CT molecular complexity index is 604. The van der Waals surface area contributed by atoms with Gasteiger partial charge in [-0.2, -0.15) is 0 Å². The minimum Gasteiger partial charge on any atom is -0.408 e. The zero-order valence-electron chi connectivity index (χ0n) is 9.48. The number of carbonyl (C=O) groups excluding carboxylic acids is 1. The van der Waals surface area contributed by atoms with Gasteiger partial charge in [0.2, 0.25) is 0 Å². The third-order valence-corrected chi connectivity index (χ3v) is 2.60. The monoisotopic (exact) mass is 219 g/mol. The maximum absolute atomic E-state index is 11.8. The highest BCUT2D eigenvalue weighted by molar-refractivity contribution is 5.99. The summed E-state index contributed by atoms with van der Waals surface area (Å²) in [5.74, 6) is -0.402. The highest BCUT2D eigenvalue weighted by Gasteiger charge is 2.13. The molecule has 1 aromatic heterocycles. The van der Waals surface area contributed by atoms with Crippen LogP contribution in [0.15, 0.2) is 27.4 Å². The van der Waals surface area contributed by atoms with E-state index in [1.54, 1.807) is 25.2 Å². The fourth-order valence-corrected chi connectivity index (χ4v) is 1.61. The van der Waals surface area contributed by atoms with Crippen molar-refractivity contribution in [2.24, 2.45) is 13.0 Å². The number of carbonyl (C=O) groups is 1. The summed E-state index contributed by atoms with van der Waals surface area (Å²) < 4.78 is 6.39. The predicted molar refractivity (Wildman–Crippen MR) is 60.6 cm³/mol. The van der Waals surface area contributed by atoms with Crippen LogP contribution in [0.4, 0.5) is 0 Å². The van der Waals surface area contributed by atoms with Crippen molar-refractivity contribution in [3.8, 4) is 0 Å². The molecule has 0 aliphatic rings. The van der Waals surface area contributed by atoms with Crippen LogP contribution in [0.5, 0.6) is 0 Å². The molecule has 1 heterocycles. The Balaban J connectivity index is 2.64. The first kappa shape index (κ1) is 10.7. The number of benzene rings is 1. The van der Waals surface area contributed by atoms with Crippen LogP contribution >= 0.6 is 0 Å². The van der Waals surface area contributed by atoms with Crippen molar-refractivity contribution in [2.45, 2.75) is 13.8 Å². The van der Waals surface area contributed by atoms with Crippen LogP contribution < -0.4 is 5.76 Å². The largest absolute Gasteiger partial charge is 0.419 e. The number of aryl methyl sites for hydroxylation is 1. The number of fused-ring (bicyclic) bond motifs is 1. The lowest BCUT2D eigenvalue weighted by Gasteiger charge is -2.03. The van der Waals surface area contributed by atoms with E-state index in [0.717, 1.165) is 0 Å². The Kier molecular flexibility index (Phi) is 2.42. The molecule has 0 bridgehead atoms. The van der Waals surface area contributed by atoms with Gasteiger partial charge in [0.15, 0.2) is 11.4 Å². The van der Waals surface area contributed by atoms with Gasteiger partial charge >= 0.3 is 5.76 Å². The standard InChI is InChI=1S/C12H13NO3/c1-7(2)11(14)8-4-5-10-9(6-8)13(3)12(15)16-10/h4-7H,1-3H3. The van der Waals surface area contributed by atoms with Gasteiger partial charge in [0.05, 0.1) is 5.52 Å². The first-order valence-corrected chi connectivity index (χ1v) is 5.14. The highest BCUT2D eigenvalue weighted by Crippen LogP contribution is 2.16. The number of ketones is 1. The normalized spacial score (nSPS) is 11.2. The molecule has 0 radical (unpaired) electrons. The maximum Gasteiger partial charge on any atom is 0.419 e. The van der Waals surface area contributed by atoms with Gasteiger partial charge in [-0.1, -0.05) is 13.8 Å². The van der Waals surface area contributed by atoms with Crippen molar-refractivity contribution in [3.63, 3.8) is 0 Å². The molecule has 0 aliphatic heterocycles. The number of nitrogens with zero attached hydrogens (tertiary/aromatic N) is 1. The summed E-state index contributed by atoms with van der Waals surface area (Å²) in [6, 6.07) is 5.04. The molecule has 0 atom stereocenters. The van der Waals surface area contributed by atoms with E-state index in [0.29, 0.717) is 16.7 Å². The quantitative estimate of drug-likeness (QED) is 0.725. The fourth-order valence-electron chi connectivity index (χ4n) is 1.61. The molecule has 0 spiro atoms. The van der Waals surface area contributed by atoms with Crippen molar-refractivity contribution >= 4 is 16.9 Å².